The van der Waals surface area contributed by atoms with E-state index in [1.807, 2.05) is 0 Å². The van der Waals surface area contributed by atoms with Gasteiger partial charge in [-0.3, -0.25) is 0 Å². The second-order valence-electron chi connectivity index (χ2n) is 5.90. The van der Waals surface area contributed by atoms with Crippen molar-refractivity contribution in [1.29, 1.82) is 0 Å². The molecule has 2 saturated heterocycles. The van der Waals surface area contributed by atoms with Gasteiger partial charge in [0.05, 0.1) is 5.75 Å². The molecule has 1 aliphatic carbocycles. The molecule has 0 amide bonds. The van der Waals surface area contributed by atoms with Crippen LogP contribution in [0.2, 0.25) is 0 Å². The van der Waals surface area contributed by atoms with Crippen LogP contribution in [0, 0.1) is 17.8 Å². The highest BCUT2D eigenvalue weighted by atomic mass is 35.5. The fourth-order valence-corrected chi connectivity index (χ4v) is 4.99. The highest BCUT2D eigenvalue weighted by Gasteiger charge is 2.40. The molecule has 4 nitrogen and oxygen atoms in total. The van der Waals surface area contributed by atoms with Gasteiger partial charge in [-0.1, -0.05) is 19.3 Å². The predicted octanol–water partition coefficient (Wildman–Crippen LogP) is 1.08. The lowest BCUT2D eigenvalue weighted by Gasteiger charge is -2.26. The molecule has 0 unspecified atom stereocenters. The normalized spacial score (nSPS) is 32.9. The van der Waals surface area contributed by atoms with E-state index < -0.39 is 10.0 Å². The summed E-state index contributed by atoms with van der Waals surface area (Å²) in [5, 5.41) is 3.34. The fourth-order valence-electron chi connectivity index (χ4n) is 3.27. The number of nitrogens with one attached hydrogen (secondary N) is 1. The standard InChI is InChI=1S/C12H22N2O2S.ClH/c15-17(16,5-4-10-2-1-3-10)14-8-11-6-13-7-12(11)9-14;/h10-13H,1-9H2;1H/t11-,12+;. The fraction of sp³-hybridized carbons (Fsp3) is 1.00. The lowest BCUT2D eigenvalue weighted by atomic mass is 9.84. The number of halogens is 1. The minimum atomic E-state index is -2.97. The maximum atomic E-state index is 12.2. The van der Waals surface area contributed by atoms with Crippen LogP contribution in [0.25, 0.3) is 0 Å². The third kappa shape index (κ3) is 2.84. The van der Waals surface area contributed by atoms with Crippen molar-refractivity contribution in [3.63, 3.8) is 0 Å². The summed E-state index contributed by atoms with van der Waals surface area (Å²) < 4.78 is 26.2. The monoisotopic (exact) mass is 294 g/mol. The number of fused-ring (bicyclic) bond motifs is 1. The summed E-state index contributed by atoms with van der Waals surface area (Å²) in [5.41, 5.74) is 0. The number of hydrogen-bond donors (Lipinski definition) is 1. The zero-order chi connectivity index (χ0) is 11.9. The van der Waals surface area contributed by atoms with Gasteiger partial charge in [-0.25, -0.2) is 12.7 Å². The van der Waals surface area contributed by atoms with Crippen molar-refractivity contribution in [1.82, 2.24) is 9.62 Å². The van der Waals surface area contributed by atoms with Crippen molar-refractivity contribution in [2.24, 2.45) is 17.8 Å². The number of sulfonamides is 1. The first-order valence-corrected chi connectivity index (χ1v) is 8.44. The van der Waals surface area contributed by atoms with Crippen molar-refractivity contribution in [2.75, 3.05) is 31.9 Å². The summed E-state index contributed by atoms with van der Waals surface area (Å²) in [7, 11) is -2.97. The number of rotatable bonds is 4. The van der Waals surface area contributed by atoms with Crippen molar-refractivity contribution in [3.8, 4) is 0 Å². The van der Waals surface area contributed by atoms with E-state index in [0.29, 0.717) is 23.5 Å². The van der Waals surface area contributed by atoms with E-state index in [1.54, 1.807) is 4.31 Å². The van der Waals surface area contributed by atoms with E-state index >= 15 is 0 Å². The van der Waals surface area contributed by atoms with E-state index in [9.17, 15) is 8.42 Å². The van der Waals surface area contributed by atoms with E-state index in [2.05, 4.69) is 5.32 Å². The van der Waals surface area contributed by atoms with E-state index in [0.717, 1.165) is 32.6 Å². The van der Waals surface area contributed by atoms with Crippen LogP contribution in [-0.4, -0.2) is 44.7 Å². The molecule has 3 fully saturated rings. The molecule has 3 rings (SSSR count). The second kappa shape index (κ2) is 5.65. The van der Waals surface area contributed by atoms with Gasteiger partial charge in [0.1, 0.15) is 0 Å². The Bertz CT molecular complexity index is 372. The summed E-state index contributed by atoms with van der Waals surface area (Å²) >= 11 is 0. The van der Waals surface area contributed by atoms with Gasteiger partial charge in [0, 0.05) is 13.1 Å². The van der Waals surface area contributed by atoms with Gasteiger partial charge in [-0.2, -0.15) is 0 Å². The first kappa shape index (κ1) is 14.6. The number of hydrogen-bond acceptors (Lipinski definition) is 3. The Hall–Kier alpha value is 0.160. The summed E-state index contributed by atoms with van der Waals surface area (Å²) in [4.78, 5) is 0. The molecule has 2 aliphatic heterocycles. The third-order valence-corrected chi connectivity index (χ3v) is 6.59. The molecule has 0 aromatic heterocycles. The van der Waals surface area contributed by atoms with Gasteiger partial charge in [-0.15, -0.1) is 12.4 Å². The van der Waals surface area contributed by atoms with Crippen LogP contribution in [0.1, 0.15) is 25.7 Å². The Labute approximate surface area is 116 Å². The second-order valence-corrected chi connectivity index (χ2v) is 7.99. The van der Waals surface area contributed by atoms with Crippen LogP contribution in [0.15, 0.2) is 0 Å². The zero-order valence-electron chi connectivity index (χ0n) is 10.7. The maximum Gasteiger partial charge on any atom is 0.214 e. The molecule has 0 radical (unpaired) electrons. The first-order valence-electron chi connectivity index (χ1n) is 6.84. The molecule has 1 N–H and O–H groups in total. The van der Waals surface area contributed by atoms with Crippen LogP contribution >= 0.6 is 12.4 Å². The lowest BCUT2D eigenvalue weighted by Crippen LogP contribution is -2.34. The van der Waals surface area contributed by atoms with Crippen molar-refractivity contribution in [2.45, 2.75) is 25.7 Å². The predicted molar refractivity (Wildman–Crippen MR) is 74.4 cm³/mol. The van der Waals surface area contributed by atoms with Gasteiger partial charge in [-0.05, 0) is 37.3 Å². The van der Waals surface area contributed by atoms with Crippen LogP contribution in [0.3, 0.4) is 0 Å². The molecule has 18 heavy (non-hydrogen) atoms. The average Bonchev–Trinajstić information content (AvgIpc) is 2.73. The van der Waals surface area contributed by atoms with Crippen molar-refractivity contribution in [3.05, 3.63) is 0 Å². The van der Waals surface area contributed by atoms with E-state index in [1.165, 1.54) is 19.3 Å². The summed E-state index contributed by atoms with van der Waals surface area (Å²) in [5.74, 6) is 2.19. The lowest BCUT2D eigenvalue weighted by molar-refractivity contribution is 0.305. The molecule has 0 aromatic rings. The topological polar surface area (TPSA) is 49.4 Å². The largest absolute Gasteiger partial charge is 0.316 e. The van der Waals surface area contributed by atoms with Crippen molar-refractivity contribution >= 4 is 22.4 Å². The quantitative estimate of drug-likeness (QED) is 0.844. The highest BCUT2D eigenvalue weighted by molar-refractivity contribution is 7.89. The van der Waals surface area contributed by atoms with E-state index in [4.69, 9.17) is 0 Å². The molecule has 0 spiro atoms. The van der Waals surface area contributed by atoms with Crippen LogP contribution in [0.5, 0.6) is 0 Å². The molecule has 3 aliphatic rings. The molecule has 0 aromatic carbocycles. The Morgan fingerprint density at radius 3 is 2.22 bits per heavy atom. The molecule has 6 heteroatoms. The van der Waals surface area contributed by atoms with Crippen molar-refractivity contribution < 1.29 is 8.42 Å². The molecule has 106 valence electrons. The molecule has 2 atom stereocenters. The van der Waals surface area contributed by atoms with Crippen LogP contribution < -0.4 is 5.32 Å². The third-order valence-electron chi connectivity index (χ3n) is 4.76. The SMILES string of the molecule is Cl.O=S(=O)(CCC1CCC1)N1C[C@H]2CNC[C@H]2C1. The summed E-state index contributed by atoms with van der Waals surface area (Å²) in [6.45, 7) is 3.51. The highest BCUT2D eigenvalue weighted by Crippen LogP contribution is 2.32. The van der Waals surface area contributed by atoms with Crippen LogP contribution in [0.4, 0.5) is 0 Å². The molecule has 1 saturated carbocycles. The maximum absolute atomic E-state index is 12.2. The Morgan fingerprint density at radius 2 is 1.72 bits per heavy atom. The Morgan fingerprint density at radius 1 is 1.11 bits per heavy atom. The molecular weight excluding hydrogens is 272 g/mol. The molecule has 0 bridgehead atoms. The minimum absolute atomic E-state index is 0. The Balaban J connectivity index is 0.00000120. The minimum Gasteiger partial charge on any atom is -0.316 e. The molecular formula is C12H23ClN2O2S. The van der Waals surface area contributed by atoms with Crippen LogP contribution in [-0.2, 0) is 10.0 Å². The first-order chi connectivity index (χ1) is 8.15. The summed E-state index contributed by atoms with van der Waals surface area (Å²) in [6, 6.07) is 0. The average molecular weight is 295 g/mol. The number of nitrogens with zero attached hydrogens (tertiary/aromatic N) is 1. The van der Waals surface area contributed by atoms with Gasteiger partial charge in [0.2, 0.25) is 10.0 Å². The van der Waals surface area contributed by atoms with Gasteiger partial charge in [0.25, 0.3) is 0 Å². The Kier molecular flexibility index (Phi) is 4.57. The zero-order valence-corrected chi connectivity index (χ0v) is 12.3. The van der Waals surface area contributed by atoms with E-state index in [-0.39, 0.29) is 12.4 Å². The van der Waals surface area contributed by atoms with Gasteiger partial charge in [0.15, 0.2) is 0 Å². The molecule has 2 heterocycles. The smallest absolute Gasteiger partial charge is 0.214 e. The van der Waals surface area contributed by atoms with Gasteiger partial charge < -0.3 is 5.32 Å². The van der Waals surface area contributed by atoms with Gasteiger partial charge >= 0.3 is 0 Å². The summed E-state index contributed by atoms with van der Waals surface area (Å²) in [6.07, 6.45) is 4.66.